The lowest BCUT2D eigenvalue weighted by atomic mass is 10.0. The van der Waals surface area contributed by atoms with Crippen LogP contribution in [0.1, 0.15) is 39.5 Å². The van der Waals surface area contributed by atoms with Crippen LogP contribution in [-0.4, -0.2) is 29.5 Å². The molecule has 1 saturated carbocycles. The molecule has 1 aliphatic carbocycles. The molecule has 13 heavy (non-hydrogen) atoms. The van der Waals surface area contributed by atoms with E-state index in [1.165, 1.54) is 12.8 Å². The highest BCUT2D eigenvalue weighted by molar-refractivity contribution is 4.89. The summed E-state index contributed by atoms with van der Waals surface area (Å²) in [6, 6.07) is 0. The van der Waals surface area contributed by atoms with Gasteiger partial charge < -0.3 is 15.6 Å². The van der Waals surface area contributed by atoms with Crippen molar-refractivity contribution in [3.63, 3.8) is 0 Å². The molecule has 0 atom stereocenters. The summed E-state index contributed by atoms with van der Waals surface area (Å²) in [7, 11) is 0. The SMILES string of the molecule is CC(C)(O)COCC1(N)CCCC1. The zero-order chi connectivity index (χ0) is 9.95. The van der Waals surface area contributed by atoms with E-state index in [4.69, 9.17) is 10.5 Å². The Hall–Kier alpha value is -0.120. The highest BCUT2D eigenvalue weighted by Gasteiger charge is 2.30. The molecule has 3 heteroatoms. The van der Waals surface area contributed by atoms with E-state index in [0.717, 1.165) is 12.8 Å². The molecule has 0 aromatic carbocycles. The summed E-state index contributed by atoms with van der Waals surface area (Å²) < 4.78 is 5.41. The Bertz CT molecular complexity index is 157. The summed E-state index contributed by atoms with van der Waals surface area (Å²) in [4.78, 5) is 0. The van der Waals surface area contributed by atoms with Gasteiger partial charge in [0, 0.05) is 5.54 Å². The first-order valence-corrected chi connectivity index (χ1v) is 5.00. The molecular weight excluding hydrogens is 166 g/mol. The summed E-state index contributed by atoms with van der Waals surface area (Å²) in [6.45, 7) is 4.43. The van der Waals surface area contributed by atoms with Crippen molar-refractivity contribution in [2.24, 2.45) is 5.73 Å². The first-order valence-electron chi connectivity index (χ1n) is 5.00. The van der Waals surface area contributed by atoms with Crippen LogP contribution in [0.5, 0.6) is 0 Å². The number of nitrogens with two attached hydrogens (primary N) is 1. The Morgan fingerprint density at radius 1 is 1.38 bits per heavy atom. The smallest absolute Gasteiger partial charge is 0.0824 e. The predicted molar refractivity (Wildman–Crippen MR) is 52.5 cm³/mol. The van der Waals surface area contributed by atoms with Gasteiger partial charge in [-0.15, -0.1) is 0 Å². The summed E-state index contributed by atoms with van der Waals surface area (Å²) in [6.07, 6.45) is 4.53. The maximum absolute atomic E-state index is 9.41. The minimum Gasteiger partial charge on any atom is -0.388 e. The molecule has 3 nitrogen and oxygen atoms in total. The van der Waals surface area contributed by atoms with Crippen molar-refractivity contribution in [1.82, 2.24) is 0 Å². The summed E-state index contributed by atoms with van der Waals surface area (Å²) in [5.74, 6) is 0. The van der Waals surface area contributed by atoms with Gasteiger partial charge in [0.15, 0.2) is 0 Å². The van der Waals surface area contributed by atoms with Gasteiger partial charge in [-0.2, -0.15) is 0 Å². The molecule has 1 rings (SSSR count). The largest absolute Gasteiger partial charge is 0.388 e. The quantitative estimate of drug-likeness (QED) is 0.691. The van der Waals surface area contributed by atoms with Crippen molar-refractivity contribution in [2.75, 3.05) is 13.2 Å². The second-order valence-electron chi connectivity index (χ2n) is 4.87. The molecule has 0 aliphatic heterocycles. The van der Waals surface area contributed by atoms with E-state index in [9.17, 15) is 5.11 Å². The lowest BCUT2D eigenvalue weighted by Gasteiger charge is -2.25. The monoisotopic (exact) mass is 187 g/mol. The summed E-state index contributed by atoms with van der Waals surface area (Å²) in [5.41, 5.74) is 5.22. The number of hydrogen-bond donors (Lipinski definition) is 2. The highest BCUT2D eigenvalue weighted by atomic mass is 16.5. The van der Waals surface area contributed by atoms with E-state index >= 15 is 0 Å². The molecule has 1 fully saturated rings. The second-order valence-corrected chi connectivity index (χ2v) is 4.87. The maximum atomic E-state index is 9.41. The van der Waals surface area contributed by atoms with Crippen LogP contribution in [0.2, 0.25) is 0 Å². The van der Waals surface area contributed by atoms with Crippen molar-refractivity contribution in [3.8, 4) is 0 Å². The molecule has 78 valence electrons. The Balaban J connectivity index is 2.18. The van der Waals surface area contributed by atoms with Gasteiger partial charge in [0.2, 0.25) is 0 Å². The Labute approximate surface area is 80.3 Å². The third kappa shape index (κ3) is 4.07. The van der Waals surface area contributed by atoms with Crippen LogP contribution in [-0.2, 0) is 4.74 Å². The van der Waals surface area contributed by atoms with Gasteiger partial charge in [-0.25, -0.2) is 0 Å². The fourth-order valence-corrected chi connectivity index (χ4v) is 1.73. The van der Waals surface area contributed by atoms with Gasteiger partial charge >= 0.3 is 0 Å². The minimum absolute atomic E-state index is 0.120. The second kappa shape index (κ2) is 3.95. The zero-order valence-electron chi connectivity index (χ0n) is 8.68. The van der Waals surface area contributed by atoms with Crippen molar-refractivity contribution in [3.05, 3.63) is 0 Å². The van der Waals surface area contributed by atoms with Gasteiger partial charge in [0.1, 0.15) is 0 Å². The summed E-state index contributed by atoms with van der Waals surface area (Å²) in [5, 5.41) is 9.41. The van der Waals surface area contributed by atoms with E-state index in [2.05, 4.69) is 0 Å². The first-order chi connectivity index (χ1) is 5.91. The molecule has 0 amide bonds. The molecule has 0 heterocycles. The molecule has 0 saturated heterocycles. The molecule has 1 aliphatic rings. The number of hydrogen-bond acceptors (Lipinski definition) is 3. The van der Waals surface area contributed by atoms with E-state index < -0.39 is 5.60 Å². The molecule has 3 N–H and O–H groups in total. The standard InChI is InChI=1S/C10H21NO2/c1-9(2,12)7-13-8-10(11)5-3-4-6-10/h12H,3-8,11H2,1-2H3. The normalized spacial score (nSPS) is 22.2. The summed E-state index contributed by atoms with van der Waals surface area (Å²) >= 11 is 0. The average molecular weight is 187 g/mol. The van der Waals surface area contributed by atoms with Crippen LogP contribution in [0, 0.1) is 0 Å². The number of rotatable bonds is 4. The molecule has 0 bridgehead atoms. The van der Waals surface area contributed by atoms with Crippen LogP contribution in [0.15, 0.2) is 0 Å². The van der Waals surface area contributed by atoms with Gasteiger partial charge in [0.25, 0.3) is 0 Å². The predicted octanol–water partition coefficient (Wildman–Crippen LogP) is 1.05. The van der Waals surface area contributed by atoms with Gasteiger partial charge in [-0.1, -0.05) is 12.8 Å². The van der Waals surface area contributed by atoms with E-state index in [1.807, 2.05) is 0 Å². The number of ether oxygens (including phenoxy) is 1. The number of aliphatic hydroxyl groups is 1. The average Bonchev–Trinajstić information content (AvgIpc) is 2.33. The van der Waals surface area contributed by atoms with Crippen molar-refractivity contribution >= 4 is 0 Å². The van der Waals surface area contributed by atoms with Crippen molar-refractivity contribution < 1.29 is 9.84 Å². The van der Waals surface area contributed by atoms with Crippen LogP contribution < -0.4 is 5.73 Å². The Morgan fingerprint density at radius 3 is 2.38 bits per heavy atom. The van der Waals surface area contributed by atoms with Gasteiger partial charge in [-0.05, 0) is 26.7 Å². The molecule has 0 radical (unpaired) electrons. The van der Waals surface area contributed by atoms with Gasteiger partial charge in [-0.3, -0.25) is 0 Å². The van der Waals surface area contributed by atoms with Crippen molar-refractivity contribution in [1.29, 1.82) is 0 Å². The van der Waals surface area contributed by atoms with E-state index in [1.54, 1.807) is 13.8 Å². The molecule has 0 aromatic heterocycles. The van der Waals surface area contributed by atoms with Crippen LogP contribution in [0.25, 0.3) is 0 Å². The Morgan fingerprint density at radius 2 is 1.92 bits per heavy atom. The third-order valence-electron chi connectivity index (χ3n) is 2.44. The lowest BCUT2D eigenvalue weighted by molar-refractivity contribution is -0.0336. The zero-order valence-corrected chi connectivity index (χ0v) is 8.68. The molecular formula is C10H21NO2. The maximum Gasteiger partial charge on any atom is 0.0824 e. The fraction of sp³-hybridized carbons (Fsp3) is 1.00. The van der Waals surface area contributed by atoms with E-state index in [-0.39, 0.29) is 5.54 Å². The minimum atomic E-state index is -0.741. The van der Waals surface area contributed by atoms with Crippen LogP contribution >= 0.6 is 0 Å². The highest BCUT2D eigenvalue weighted by Crippen LogP contribution is 2.27. The van der Waals surface area contributed by atoms with Crippen molar-refractivity contribution in [2.45, 2.75) is 50.7 Å². The van der Waals surface area contributed by atoms with Crippen LogP contribution in [0.3, 0.4) is 0 Å². The first kappa shape index (κ1) is 11.0. The topological polar surface area (TPSA) is 55.5 Å². The van der Waals surface area contributed by atoms with Crippen LogP contribution in [0.4, 0.5) is 0 Å². The fourth-order valence-electron chi connectivity index (χ4n) is 1.73. The Kier molecular flexibility index (Phi) is 3.33. The molecule has 0 spiro atoms. The third-order valence-corrected chi connectivity index (χ3v) is 2.44. The van der Waals surface area contributed by atoms with Gasteiger partial charge in [0.05, 0.1) is 18.8 Å². The molecule has 0 unspecified atom stereocenters. The van der Waals surface area contributed by atoms with E-state index in [0.29, 0.717) is 13.2 Å². The molecule has 0 aromatic rings. The lowest BCUT2D eigenvalue weighted by Crippen LogP contribution is -2.43.